The lowest BCUT2D eigenvalue weighted by molar-refractivity contribution is -0.384. The maximum atomic E-state index is 12.8. The molecule has 0 atom stereocenters. The normalized spacial score (nSPS) is 11.4. The summed E-state index contributed by atoms with van der Waals surface area (Å²) in [6, 6.07) is 4.08. The Morgan fingerprint density at radius 3 is 2.18 bits per heavy atom. The molecule has 0 aromatic heterocycles. The van der Waals surface area contributed by atoms with E-state index in [4.69, 9.17) is 0 Å². The van der Waals surface area contributed by atoms with Crippen LogP contribution in [0.5, 0.6) is 0 Å². The molecule has 0 unspecified atom stereocenters. The van der Waals surface area contributed by atoms with Crippen molar-refractivity contribution < 1.29 is 22.9 Å². The molecular formula is C19H19F3N2O3S. The second kappa shape index (κ2) is 8.22. The molecule has 9 heteroatoms. The number of nitro groups is 1. The maximum absolute atomic E-state index is 12.8. The lowest BCUT2D eigenvalue weighted by Crippen LogP contribution is -2.16. The van der Waals surface area contributed by atoms with Gasteiger partial charge in [0.05, 0.1) is 16.2 Å². The van der Waals surface area contributed by atoms with E-state index in [1.54, 1.807) is 0 Å². The van der Waals surface area contributed by atoms with E-state index in [-0.39, 0.29) is 11.4 Å². The SMILES string of the molecule is Cc1cc(C)c(C)c(SCC(=O)Nc2ccc(C(F)(F)F)cc2[N+](=O)[O-])c1C. The minimum atomic E-state index is -4.71. The Labute approximate surface area is 164 Å². The molecular weight excluding hydrogens is 393 g/mol. The lowest BCUT2D eigenvalue weighted by Gasteiger charge is -2.15. The molecule has 1 N–H and O–H groups in total. The van der Waals surface area contributed by atoms with Crippen molar-refractivity contribution in [1.29, 1.82) is 0 Å². The van der Waals surface area contributed by atoms with Crippen LogP contribution in [0.4, 0.5) is 24.5 Å². The molecule has 0 saturated carbocycles. The minimum Gasteiger partial charge on any atom is -0.320 e. The number of carbonyl (C=O) groups is 1. The van der Waals surface area contributed by atoms with Crippen molar-refractivity contribution in [3.8, 4) is 0 Å². The third kappa shape index (κ3) is 4.83. The lowest BCUT2D eigenvalue weighted by atomic mass is 10.0. The zero-order chi connectivity index (χ0) is 21.2. The second-order valence-corrected chi connectivity index (χ2v) is 7.40. The number of halogens is 3. The van der Waals surface area contributed by atoms with Gasteiger partial charge in [0, 0.05) is 11.0 Å². The Morgan fingerprint density at radius 1 is 1.11 bits per heavy atom. The average Bonchev–Trinajstić information content (AvgIpc) is 2.59. The summed E-state index contributed by atoms with van der Waals surface area (Å²) in [5.74, 6) is -0.561. The summed E-state index contributed by atoms with van der Waals surface area (Å²) < 4.78 is 38.3. The molecule has 2 aromatic rings. The fourth-order valence-electron chi connectivity index (χ4n) is 2.69. The molecule has 0 radical (unpaired) electrons. The number of hydrogen-bond donors (Lipinski definition) is 1. The second-order valence-electron chi connectivity index (χ2n) is 6.41. The molecule has 0 bridgehead atoms. The number of nitrogens with zero attached hydrogens (tertiary/aromatic N) is 1. The molecule has 0 aliphatic rings. The van der Waals surface area contributed by atoms with Crippen LogP contribution >= 0.6 is 11.8 Å². The van der Waals surface area contributed by atoms with Crippen molar-refractivity contribution in [3.05, 3.63) is 62.2 Å². The topological polar surface area (TPSA) is 72.2 Å². The highest BCUT2D eigenvalue weighted by atomic mass is 32.2. The summed E-state index contributed by atoms with van der Waals surface area (Å²) in [5, 5.41) is 13.4. The third-order valence-electron chi connectivity index (χ3n) is 4.44. The van der Waals surface area contributed by atoms with Crippen molar-refractivity contribution in [2.45, 2.75) is 38.8 Å². The van der Waals surface area contributed by atoms with Gasteiger partial charge in [-0.15, -0.1) is 11.8 Å². The summed E-state index contributed by atoms with van der Waals surface area (Å²) in [7, 11) is 0. The van der Waals surface area contributed by atoms with Gasteiger partial charge in [0.25, 0.3) is 5.69 Å². The Balaban J connectivity index is 2.19. The van der Waals surface area contributed by atoms with Crippen molar-refractivity contribution >= 4 is 29.0 Å². The van der Waals surface area contributed by atoms with Gasteiger partial charge in [-0.2, -0.15) is 13.2 Å². The first-order valence-corrected chi connectivity index (χ1v) is 9.26. The van der Waals surface area contributed by atoms with E-state index in [1.807, 2.05) is 27.7 Å². The number of carbonyl (C=O) groups excluding carboxylic acids is 1. The molecule has 0 saturated heterocycles. The first kappa shape index (κ1) is 21.7. The van der Waals surface area contributed by atoms with Crippen LogP contribution in [0.2, 0.25) is 0 Å². The van der Waals surface area contributed by atoms with Crippen LogP contribution < -0.4 is 5.32 Å². The van der Waals surface area contributed by atoms with E-state index in [2.05, 4.69) is 11.4 Å². The highest BCUT2D eigenvalue weighted by Crippen LogP contribution is 2.35. The summed E-state index contributed by atoms with van der Waals surface area (Å²) in [6.45, 7) is 7.83. The average molecular weight is 412 g/mol. The number of aryl methyl sites for hydroxylation is 2. The molecule has 0 aliphatic carbocycles. The molecule has 0 fully saturated rings. The highest BCUT2D eigenvalue weighted by molar-refractivity contribution is 8.00. The zero-order valence-electron chi connectivity index (χ0n) is 15.7. The van der Waals surface area contributed by atoms with Crippen LogP contribution in [0, 0.1) is 37.8 Å². The maximum Gasteiger partial charge on any atom is 0.416 e. The highest BCUT2D eigenvalue weighted by Gasteiger charge is 2.33. The predicted octanol–water partition coefficient (Wildman–Crippen LogP) is 5.58. The molecule has 2 rings (SSSR count). The summed E-state index contributed by atoms with van der Waals surface area (Å²) >= 11 is 1.29. The Hall–Kier alpha value is -2.55. The van der Waals surface area contributed by atoms with E-state index in [9.17, 15) is 28.1 Å². The first-order chi connectivity index (χ1) is 12.9. The summed E-state index contributed by atoms with van der Waals surface area (Å²) in [5.41, 5.74) is 2.05. The number of nitrogens with one attached hydrogen (secondary N) is 1. The van der Waals surface area contributed by atoms with Crippen LogP contribution in [-0.4, -0.2) is 16.6 Å². The Morgan fingerprint density at radius 2 is 1.68 bits per heavy atom. The Kier molecular flexibility index (Phi) is 6.38. The zero-order valence-corrected chi connectivity index (χ0v) is 16.5. The van der Waals surface area contributed by atoms with Crippen LogP contribution in [0.15, 0.2) is 29.2 Å². The van der Waals surface area contributed by atoms with Crippen molar-refractivity contribution in [2.24, 2.45) is 0 Å². The largest absolute Gasteiger partial charge is 0.416 e. The van der Waals surface area contributed by atoms with Crippen molar-refractivity contribution in [3.63, 3.8) is 0 Å². The van der Waals surface area contributed by atoms with Gasteiger partial charge in [0.2, 0.25) is 5.91 Å². The van der Waals surface area contributed by atoms with E-state index in [0.29, 0.717) is 12.1 Å². The van der Waals surface area contributed by atoms with Crippen LogP contribution in [0.25, 0.3) is 0 Å². The summed E-state index contributed by atoms with van der Waals surface area (Å²) in [4.78, 5) is 23.4. The van der Waals surface area contributed by atoms with E-state index in [0.717, 1.165) is 33.2 Å². The molecule has 28 heavy (non-hydrogen) atoms. The monoisotopic (exact) mass is 412 g/mol. The van der Waals surface area contributed by atoms with Gasteiger partial charge in [0.1, 0.15) is 5.69 Å². The minimum absolute atomic E-state index is 0.0250. The fraction of sp³-hybridized carbons (Fsp3) is 0.316. The number of nitro benzene ring substituents is 1. The molecule has 0 aliphatic heterocycles. The predicted molar refractivity (Wildman–Crippen MR) is 103 cm³/mol. The molecule has 150 valence electrons. The summed E-state index contributed by atoms with van der Waals surface area (Å²) in [6.07, 6.45) is -4.71. The van der Waals surface area contributed by atoms with Crippen molar-refractivity contribution in [1.82, 2.24) is 0 Å². The van der Waals surface area contributed by atoms with Gasteiger partial charge in [-0.3, -0.25) is 14.9 Å². The van der Waals surface area contributed by atoms with Gasteiger partial charge in [-0.25, -0.2) is 0 Å². The van der Waals surface area contributed by atoms with E-state index >= 15 is 0 Å². The van der Waals surface area contributed by atoms with Crippen LogP contribution in [0.3, 0.4) is 0 Å². The molecule has 0 spiro atoms. The van der Waals surface area contributed by atoms with E-state index < -0.39 is 28.3 Å². The number of rotatable bonds is 5. The van der Waals surface area contributed by atoms with Gasteiger partial charge in [-0.05, 0) is 62.1 Å². The third-order valence-corrected chi connectivity index (χ3v) is 5.75. The standard InChI is InChI=1S/C19H19F3N2O3S/c1-10-7-11(2)13(4)18(12(10)3)28-9-17(25)23-15-6-5-14(19(20,21)22)8-16(15)24(26)27/h5-8H,9H2,1-4H3,(H,23,25). The number of amides is 1. The number of anilines is 1. The number of hydrogen-bond acceptors (Lipinski definition) is 4. The van der Waals surface area contributed by atoms with Crippen molar-refractivity contribution in [2.75, 3.05) is 11.1 Å². The van der Waals surface area contributed by atoms with Gasteiger partial charge < -0.3 is 5.32 Å². The quantitative estimate of drug-likeness (QED) is 0.395. The molecule has 1 amide bonds. The number of thioether (sulfide) groups is 1. The van der Waals surface area contributed by atoms with Crippen LogP contribution in [0.1, 0.15) is 27.8 Å². The first-order valence-electron chi connectivity index (χ1n) is 8.27. The molecule has 5 nitrogen and oxygen atoms in total. The fourth-order valence-corrected chi connectivity index (χ4v) is 3.79. The van der Waals surface area contributed by atoms with E-state index in [1.165, 1.54) is 11.8 Å². The molecule has 2 aromatic carbocycles. The van der Waals surface area contributed by atoms with Crippen LogP contribution in [-0.2, 0) is 11.0 Å². The Bertz CT molecular complexity index is 917. The van der Waals surface area contributed by atoms with Gasteiger partial charge in [-0.1, -0.05) is 6.07 Å². The molecule has 0 heterocycles. The number of benzene rings is 2. The smallest absolute Gasteiger partial charge is 0.320 e. The van der Waals surface area contributed by atoms with Gasteiger partial charge in [0.15, 0.2) is 0 Å². The van der Waals surface area contributed by atoms with Gasteiger partial charge >= 0.3 is 6.18 Å². The number of alkyl halides is 3.